The standard InChI is InChI=1S/C19H18N4O2S/c1-3-21-19-18(22-15-6-4-5-7-16(15)23-19)17(12-20)26(24,25)14-10-8-13(2)9-11-14/h4-11,17H,3H2,1-2H3,(H,21,23)/t17-/m1/s1. The van der Waals surface area contributed by atoms with Gasteiger partial charge >= 0.3 is 0 Å². The third kappa shape index (κ3) is 3.24. The van der Waals surface area contributed by atoms with Crippen LogP contribution in [-0.4, -0.2) is 24.9 Å². The number of para-hydroxylation sites is 2. The second kappa shape index (κ2) is 7.10. The normalized spacial score (nSPS) is 12.5. The Morgan fingerprint density at radius 1 is 1.08 bits per heavy atom. The Bertz CT molecular complexity index is 1090. The molecular formula is C19H18N4O2S. The van der Waals surface area contributed by atoms with Crippen LogP contribution in [0.5, 0.6) is 0 Å². The first kappa shape index (κ1) is 17.8. The Morgan fingerprint density at radius 3 is 2.27 bits per heavy atom. The number of hydrogen-bond acceptors (Lipinski definition) is 6. The second-order valence-corrected chi connectivity index (χ2v) is 7.88. The molecule has 3 aromatic rings. The maximum atomic E-state index is 13.0. The summed E-state index contributed by atoms with van der Waals surface area (Å²) in [5.41, 5.74) is 2.24. The van der Waals surface area contributed by atoms with Crippen LogP contribution in [0, 0.1) is 18.3 Å². The summed E-state index contributed by atoms with van der Waals surface area (Å²) >= 11 is 0. The molecule has 26 heavy (non-hydrogen) atoms. The van der Waals surface area contributed by atoms with E-state index in [9.17, 15) is 13.7 Å². The highest BCUT2D eigenvalue weighted by molar-refractivity contribution is 7.92. The summed E-state index contributed by atoms with van der Waals surface area (Å²) in [6.07, 6.45) is 0. The van der Waals surface area contributed by atoms with Gasteiger partial charge in [-0.1, -0.05) is 29.8 Å². The minimum absolute atomic E-state index is 0.0899. The lowest BCUT2D eigenvalue weighted by Gasteiger charge is -2.15. The largest absolute Gasteiger partial charge is 0.369 e. The molecule has 1 N–H and O–H groups in total. The molecule has 132 valence electrons. The van der Waals surface area contributed by atoms with E-state index in [1.54, 1.807) is 30.3 Å². The van der Waals surface area contributed by atoms with Crippen molar-refractivity contribution in [3.8, 4) is 6.07 Å². The quantitative estimate of drug-likeness (QED) is 0.743. The summed E-state index contributed by atoms with van der Waals surface area (Å²) in [7, 11) is -3.93. The zero-order valence-electron chi connectivity index (χ0n) is 14.5. The fourth-order valence-electron chi connectivity index (χ4n) is 2.64. The number of fused-ring (bicyclic) bond motifs is 1. The van der Waals surface area contributed by atoms with Gasteiger partial charge < -0.3 is 5.32 Å². The minimum atomic E-state index is -3.93. The molecule has 0 saturated carbocycles. The number of nitrogens with one attached hydrogen (secondary N) is 1. The van der Waals surface area contributed by atoms with Gasteiger partial charge in [-0.25, -0.2) is 18.4 Å². The van der Waals surface area contributed by atoms with Gasteiger partial charge in [0.1, 0.15) is 5.69 Å². The van der Waals surface area contributed by atoms with Crippen LogP contribution in [0.2, 0.25) is 0 Å². The molecule has 1 aromatic heterocycles. The fraction of sp³-hybridized carbons (Fsp3) is 0.211. The van der Waals surface area contributed by atoms with Gasteiger partial charge in [-0.15, -0.1) is 0 Å². The fourth-order valence-corrected chi connectivity index (χ4v) is 4.02. The average Bonchev–Trinajstić information content (AvgIpc) is 2.63. The predicted molar refractivity (Wildman–Crippen MR) is 100 cm³/mol. The van der Waals surface area contributed by atoms with Gasteiger partial charge in [0.2, 0.25) is 9.84 Å². The van der Waals surface area contributed by atoms with Gasteiger partial charge in [-0.2, -0.15) is 5.26 Å². The smallest absolute Gasteiger partial charge is 0.200 e. The zero-order chi connectivity index (χ0) is 18.7. The minimum Gasteiger partial charge on any atom is -0.369 e. The summed E-state index contributed by atoms with van der Waals surface area (Å²) in [6.45, 7) is 4.27. The molecule has 1 atom stereocenters. The van der Waals surface area contributed by atoms with Crippen LogP contribution < -0.4 is 5.32 Å². The van der Waals surface area contributed by atoms with Crippen LogP contribution in [0.1, 0.15) is 23.4 Å². The second-order valence-electron chi connectivity index (χ2n) is 5.84. The van der Waals surface area contributed by atoms with Crippen molar-refractivity contribution in [3.05, 3.63) is 59.8 Å². The number of aromatic nitrogens is 2. The first-order valence-corrected chi connectivity index (χ1v) is 9.72. The Labute approximate surface area is 152 Å². The highest BCUT2D eigenvalue weighted by Crippen LogP contribution is 2.32. The van der Waals surface area contributed by atoms with E-state index in [4.69, 9.17) is 0 Å². The number of nitriles is 1. The number of sulfone groups is 1. The zero-order valence-corrected chi connectivity index (χ0v) is 15.3. The Balaban J connectivity index is 2.19. The van der Waals surface area contributed by atoms with Crippen LogP contribution in [0.3, 0.4) is 0 Å². The molecule has 0 aliphatic heterocycles. The van der Waals surface area contributed by atoms with E-state index in [2.05, 4.69) is 15.3 Å². The first-order valence-electron chi connectivity index (χ1n) is 8.18. The molecule has 0 aliphatic carbocycles. The number of hydrogen-bond donors (Lipinski definition) is 1. The van der Waals surface area contributed by atoms with Gasteiger partial charge in [0.25, 0.3) is 0 Å². The topological polar surface area (TPSA) is 95.7 Å². The van der Waals surface area contributed by atoms with E-state index in [1.165, 1.54) is 12.1 Å². The maximum Gasteiger partial charge on any atom is 0.200 e. The molecule has 0 radical (unpaired) electrons. The summed E-state index contributed by atoms with van der Waals surface area (Å²) in [4.78, 5) is 9.00. The number of aryl methyl sites for hydroxylation is 1. The lowest BCUT2D eigenvalue weighted by Crippen LogP contribution is -2.17. The third-order valence-corrected chi connectivity index (χ3v) is 5.85. The number of anilines is 1. The molecule has 7 heteroatoms. The molecule has 0 amide bonds. The highest BCUT2D eigenvalue weighted by atomic mass is 32.2. The average molecular weight is 366 g/mol. The highest BCUT2D eigenvalue weighted by Gasteiger charge is 2.33. The van der Waals surface area contributed by atoms with Crippen molar-refractivity contribution < 1.29 is 8.42 Å². The molecule has 3 rings (SSSR count). The Kier molecular flexibility index (Phi) is 4.87. The van der Waals surface area contributed by atoms with Gasteiger partial charge in [0, 0.05) is 6.54 Å². The number of rotatable bonds is 5. The van der Waals surface area contributed by atoms with E-state index in [1.807, 2.05) is 26.0 Å². The van der Waals surface area contributed by atoms with Crippen molar-refractivity contribution in [2.24, 2.45) is 0 Å². The van der Waals surface area contributed by atoms with E-state index in [0.29, 0.717) is 23.4 Å². The lowest BCUT2D eigenvalue weighted by molar-refractivity contribution is 0.590. The molecule has 0 saturated heterocycles. The summed E-state index contributed by atoms with van der Waals surface area (Å²) in [5, 5.41) is 11.2. The van der Waals surface area contributed by atoms with Gasteiger partial charge in [0.15, 0.2) is 11.1 Å². The molecule has 0 unspecified atom stereocenters. The van der Waals surface area contributed by atoms with E-state index >= 15 is 0 Å². The van der Waals surface area contributed by atoms with Crippen molar-refractivity contribution in [1.29, 1.82) is 5.26 Å². The SMILES string of the molecule is CCNc1nc2ccccc2nc1[C@@H](C#N)S(=O)(=O)c1ccc(C)cc1. The van der Waals surface area contributed by atoms with E-state index < -0.39 is 15.1 Å². The van der Waals surface area contributed by atoms with Gasteiger partial charge in [-0.05, 0) is 38.1 Å². The molecule has 0 aliphatic rings. The number of benzene rings is 2. The van der Waals surface area contributed by atoms with Crippen molar-refractivity contribution >= 4 is 26.7 Å². The van der Waals surface area contributed by atoms with Crippen molar-refractivity contribution in [3.63, 3.8) is 0 Å². The summed E-state index contributed by atoms with van der Waals surface area (Å²) in [5.74, 6) is 0.313. The maximum absolute atomic E-state index is 13.0. The predicted octanol–water partition coefficient (Wildman–Crippen LogP) is 3.41. The molecule has 6 nitrogen and oxygen atoms in total. The van der Waals surface area contributed by atoms with E-state index in [0.717, 1.165) is 5.56 Å². The van der Waals surface area contributed by atoms with Crippen LogP contribution in [-0.2, 0) is 9.84 Å². The van der Waals surface area contributed by atoms with E-state index in [-0.39, 0.29) is 10.6 Å². The van der Waals surface area contributed by atoms with Crippen molar-refractivity contribution in [2.45, 2.75) is 24.0 Å². The third-order valence-electron chi connectivity index (χ3n) is 3.97. The van der Waals surface area contributed by atoms with Gasteiger partial charge in [0.05, 0.1) is 22.0 Å². The molecule has 0 fully saturated rings. The Hall–Kier alpha value is -2.98. The molecule has 2 aromatic carbocycles. The van der Waals surface area contributed by atoms with Crippen LogP contribution >= 0.6 is 0 Å². The lowest BCUT2D eigenvalue weighted by atomic mass is 10.2. The van der Waals surface area contributed by atoms with Crippen LogP contribution in [0.15, 0.2) is 53.4 Å². The first-order chi connectivity index (χ1) is 12.5. The summed E-state index contributed by atoms with van der Waals surface area (Å²) < 4.78 is 26.1. The van der Waals surface area contributed by atoms with Crippen LogP contribution in [0.25, 0.3) is 11.0 Å². The molecular weight excluding hydrogens is 348 g/mol. The summed E-state index contributed by atoms with van der Waals surface area (Å²) in [6, 6.07) is 15.5. The molecule has 0 spiro atoms. The molecule has 0 bridgehead atoms. The van der Waals surface area contributed by atoms with Crippen LogP contribution in [0.4, 0.5) is 5.82 Å². The molecule has 1 heterocycles. The monoisotopic (exact) mass is 366 g/mol. The van der Waals surface area contributed by atoms with Crippen molar-refractivity contribution in [2.75, 3.05) is 11.9 Å². The van der Waals surface area contributed by atoms with Gasteiger partial charge in [-0.3, -0.25) is 0 Å². The Morgan fingerprint density at radius 2 is 1.69 bits per heavy atom. The van der Waals surface area contributed by atoms with Crippen molar-refractivity contribution in [1.82, 2.24) is 9.97 Å². The number of nitrogens with zero attached hydrogens (tertiary/aromatic N) is 3.